The summed E-state index contributed by atoms with van der Waals surface area (Å²) in [5.74, 6) is -1.60. The molecule has 1 aromatic heterocycles. The lowest BCUT2D eigenvalue weighted by atomic mass is 9.98. The SMILES string of the molecule is COC(=O)[C@@H](C)OC(=O)C1CCN(S(=O)(=O)c2cccc3cc(C)cnc23)CC1. The third kappa shape index (κ3) is 4.40. The monoisotopic (exact) mass is 420 g/mol. The van der Waals surface area contributed by atoms with Crippen LogP contribution < -0.4 is 0 Å². The van der Waals surface area contributed by atoms with Gasteiger partial charge in [0.1, 0.15) is 4.90 Å². The number of carbonyl (C=O) groups excluding carboxylic acids is 2. The molecule has 1 aromatic carbocycles. The number of hydrogen-bond acceptors (Lipinski definition) is 7. The summed E-state index contributed by atoms with van der Waals surface area (Å²) < 4.78 is 37.4. The number of piperidine rings is 1. The number of carbonyl (C=O) groups is 2. The normalized spacial score (nSPS) is 17.1. The van der Waals surface area contributed by atoms with Gasteiger partial charge in [-0.3, -0.25) is 9.78 Å². The highest BCUT2D eigenvalue weighted by Gasteiger charge is 2.34. The van der Waals surface area contributed by atoms with Gasteiger partial charge in [0.2, 0.25) is 10.0 Å². The molecule has 1 saturated heterocycles. The van der Waals surface area contributed by atoms with Gasteiger partial charge in [0.25, 0.3) is 0 Å². The predicted octanol–water partition coefficient (Wildman–Crippen LogP) is 2.05. The molecule has 0 amide bonds. The first kappa shape index (κ1) is 21.2. The number of sulfonamides is 1. The molecule has 156 valence electrons. The minimum atomic E-state index is -3.75. The Kier molecular flexibility index (Phi) is 6.18. The van der Waals surface area contributed by atoms with E-state index in [-0.39, 0.29) is 18.0 Å². The van der Waals surface area contributed by atoms with E-state index in [4.69, 9.17) is 4.74 Å². The van der Waals surface area contributed by atoms with Gasteiger partial charge in [-0.15, -0.1) is 0 Å². The second kappa shape index (κ2) is 8.46. The molecule has 2 aromatic rings. The molecule has 3 rings (SSSR count). The molecule has 29 heavy (non-hydrogen) atoms. The number of pyridine rings is 1. The van der Waals surface area contributed by atoms with E-state index in [1.165, 1.54) is 18.3 Å². The van der Waals surface area contributed by atoms with Crippen molar-refractivity contribution in [3.63, 3.8) is 0 Å². The van der Waals surface area contributed by atoms with E-state index in [9.17, 15) is 18.0 Å². The number of methoxy groups -OCH3 is 1. The van der Waals surface area contributed by atoms with E-state index in [0.29, 0.717) is 18.4 Å². The maximum Gasteiger partial charge on any atom is 0.346 e. The number of ether oxygens (including phenoxy) is 2. The van der Waals surface area contributed by atoms with Gasteiger partial charge >= 0.3 is 11.9 Å². The summed E-state index contributed by atoms with van der Waals surface area (Å²) in [6.07, 6.45) is 1.30. The van der Waals surface area contributed by atoms with Crippen LogP contribution in [0.5, 0.6) is 0 Å². The molecule has 1 aliphatic heterocycles. The zero-order chi connectivity index (χ0) is 21.2. The molecule has 0 aliphatic carbocycles. The van der Waals surface area contributed by atoms with Crippen LogP contribution in [0.3, 0.4) is 0 Å². The van der Waals surface area contributed by atoms with Crippen molar-refractivity contribution in [3.8, 4) is 0 Å². The summed E-state index contributed by atoms with van der Waals surface area (Å²) in [5, 5.41) is 0.765. The maximum atomic E-state index is 13.2. The molecule has 0 radical (unpaired) electrons. The van der Waals surface area contributed by atoms with Gasteiger partial charge in [0.05, 0.1) is 18.5 Å². The predicted molar refractivity (Wildman–Crippen MR) is 106 cm³/mol. The number of rotatable bonds is 5. The average Bonchev–Trinajstić information content (AvgIpc) is 2.72. The smallest absolute Gasteiger partial charge is 0.346 e. The van der Waals surface area contributed by atoms with Crippen LogP contribution >= 0.6 is 0 Å². The van der Waals surface area contributed by atoms with Crippen molar-refractivity contribution in [1.82, 2.24) is 9.29 Å². The number of benzene rings is 1. The summed E-state index contributed by atoms with van der Waals surface area (Å²) >= 11 is 0. The number of hydrogen-bond donors (Lipinski definition) is 0. The van der Waals surface area contributed by atoms with Crippen LogP contribution in [-0.2, 0) is 29.1 Å². The molecule has 0 saturated carbocycles. The Morgan fingerprint density at radius 1 is 1.24 bits per heavy atom. The summed E-state index contributed by atoms with van der Waals surface area (Å²) in [5.41, 5.74) is 1.39. The summed E-state index contributed by atoms with van der Waals surface area (Å²) in [7, 11) is -2.52. The summed E-state index contributed by atoms with van der Waals surface area (Å²) in [6, 6.07) is 6.98. The molecule has 0 bridgehead atoms. The lowest BCUT2D eigenvalue weighted by Gasteiger charge is -2.30. The van der Waals surface area contributed by atoms with Gasteiger partial charge in [0, 0.05) is 24.7 Å². The Labute approximate surface area is 169 Å². The third-order valence-electron chi connectivity index (χ3n) is 5.04. The first-order valence-corrected chi connectivity index (χ1v) is 10.8. The van der Waals surface area contributed by atoms with Gasteiger partial charge in [-0.1, -0.05) is 12.1 Å². The number of esters is 2. The van der Waals surface area contributed by atoms with Crippen LogP contribution in [-0.4, -0.2) is 55.9 Å². The van der Waals surface area contributed by atoms with Crippen molar-refractivity contribution in [1.29, 1.82) is 0 Å². The number of fused-ring (bicyclic) bond motifs is 1. The third-order valence-corrected chi connectivity index (χ3v) is 6.97. The van der Waals surface area contributed by atoms with Crippen molar-refractivity contribution in [2.45, 2.75) is 37.7 Å². The van der Waals surface area contributed by atoms with Crippen LogP contribution in [0.2, 0.25) is 0 Å². The van der Waals surface area contributed by atoms with E-state index >= 15 is 0 Å². The molecule has 8 nitrogen and oxygen atoms in total. The highest BCUT2D eigenvalue weighted by atomic mass is 32.2. The van der Waals surface area contributed by atoms with Crippen LogP contribution in [0.15, 0.2) is 35.4 Å². The lowest BCUT2D eigenvalue weighted by molar-refractivity contribution is -0.168. The molecule has 9 heteroatoms. The minimum Gasteiger partial charge on any atom is -0.466 e. The molecule has 1 aliphatic rings. The minimum absolute atomic E-state index is 0.162. The van der Waals surface area contributed by atoms with E-state index in [2.05, 4.69) is 9.72 Å². The van der Waals surface area contributed by atoms with Crippen molar-refractivity contribution in [3.05, 3.63) is 36.0 Å². The number of aryl methyl sites for hydroxylation is 1. The average molecular weight is 420 g/mol. The molecule has 0 spiro atoms. The zero-order valence-corrected chi connectivity index (χ0v) is 17.4. The fraction of sp³-hybridized carbons (Fsp3) is 0.450. The highest BCUT2D eigenvalue weighted by molar-refractivity contribution is 7.89. The van der Waals surface area contributed by atoms with Crippen molar-refractivity contribution < 1.29 is 27.5 Å². The van der Waals surface area contributed by atoms with Crippen LogP contribution in [0.25, 0.3) is 10.9 Å². The quantitative estimate of drug-likeness (QED) is 0.682. The number of para-hydroxylation sites is 1. The standard InChI is InChI=1S/C20H24N2O6S/c1-13-11-16-5-4-6-17(18(16)21-12-13)29(25,26)22-9-7-15(8-10-22)20(24)28-14(2)19(23)27-3/h4-6,11-12,14-15H,7-10H2,1-3H3/t14-/m1/s1. The topological polar surface area (TPSA) is 103 Å². The van der Waals surface area contributed by atoms with Crippen molar-refractivity contribution in [2.75, 3.05) is 20.2 Å². The van der Waals surface area contributed by atoms with Gasteiger partial charge < -0.3 is 9.47 Å². The van der Waals surface area contributed by atoms with Gasteiger partial charge in [-0.05, 0) is 44.4 Å². The molecule has 1 atom stereocenters. The molecular weight excluding hydrogens is 396 g/mol. The molecule has 2 heterocycles. The molecule has 0 N–H and O–H groups in total. The van der Waals surface area contributed by atoms with E-state index < -0.39 is 34.0 Å². The number of aromatic nitrogens is 1. The van der Waals surface area contributed by atoms with Gasteiger partial charge in [0.15, 0.2) is 6.10 Å². The van der Waals surface area contributed by atoms with Crippen LogP contribution in [0, 0.1) is 12.8 Å². The Balaban J connectivity index is 1.72. The number of nitrogens with zero attached hydrogens (tertiary/aromatic N) is 2. The Morgan fingerprint density at radius 3 is 2.59 bits per heavy atom. The summed E-state index contributed by atoms with van der Waals surface area (Å²) in [4.78, 5) is 28.1. The van der Waals surface area contributed by atoms with Gasteiger partial charge in [-0.2, -0.15) is 4.31 Å². The Hall–Kier alpha value is -2.52. The fourth-order valence-corrected chi connectivity index (χ4v) is 5.04. The second-order valence-corrected chi connectivity index (χ2v) is 9.03. The Bertz CT molecular complexity index is 1030. The van der Waals surface area contributed by atoms with Crippen molar-refractivity contribution >= 4 is 32.9 Å². The molecular formula is C20H24N2O6S. The fourth-order valence-electron chi connectivity index (χ4n) is 3.41. The Morgan fingerprint density at radius 2 is 1.93 bits per heavy atom. The summed E-state index contributed by atoms with van der Waals surface area (Å²) in [6.45, 7) is 3.73. The maximum absolute atomic E-state index is 13.2. The molecule has 1 fully saturated rings. The highest BCUT2D eigenvalue weighted by Crippen LogP contribution is 2.28. The second-order valence-electron chi connectivity index (χ2n) is 7.12. The first-order valence-electron chi connectivity index (χ1n) is 9.38. The molecule has 0 unspecified atom stereocenters. The zero-order valence-electron chi connectivity index (χ0n) is 16.6. The van der Waals surface area contributed by atoms with Crippen LogP contribution in [0.4, 0.5) is 0 Å². The van der Waals surface area contributed by atoms with Crippen molar-refractivity contribution in [2.24, 2.45) is 5.92 Å². The first-order chi connectivity index (χ1) is 13.7. The van der Waals surface area contributed by atoms with E-state index in [0.717, 1.165) is 10.9 Å². The van der Waals surface area contributed by atoms with E-state index in [1.807, 2.05) is 19.1 Å². The van der Waals surface area contributed by atoms with E-state index in [1.54, 1.807) is 18.3 Å². The van der Waals surface area contributed by atoms with Crippen LogP contribution in [0.1, 0.15) is 25.3 Å². The lowest BCUT2D eigenvalue weighted by Crippen LogP contribution is -2.41. The largest absolute Gasteiger partial charge is 0.466 e. The van der Waals surface area contributed by atoms with Gasteiger partial charge in [-0.25, -0.2) is 13.2 Å².